The predicted molar refractivity (Wildman–Crippen MR) is 139 cm³/mol. The number of piperazine rings is 1. The van der Waals surface area contributed by atoms with E-state index in [1.54, 1.807) is 41.3 Å². The molecule has 178 valence electrons. The fourth-order valence-electron chi connectivity index (χ4n) is 4.07. The van der Waals surface area contributed by atoms with Crippen LogP contribution >= 0.6 is 27.5 Å². The van der Waals surface area contributed by atoms with E-state index in [0.29, 0.717) is 29.5 Å². The molecule has 0 atom stereocenters. The normalized spacial score (nSPS) is 14.9. The smallest absolute Gasteiger partial charge is 0.253 e. The molecular weight excluding hydrogens is 552 g/mol. The number of carbonyl (C=O) groups excluding carboxylic acids is 1. The Kier molecular flexibility index (Phi) is 6.59. The molecule has 7 nitrogen and oxygen atoms in total. The first-order valence-corrected chi connectivity index (χ1v) is 13.5. The average molecular weight is 572 g/mol. The third-order valence-electron chi connectivity index (χ3n) is 6.00. The van der Waals surface area contributed by atoms with Crippen LogP contribution in [-0.4, -0.2) is 59.9 Å². The summed E-state index contributed by atoms with van der Waals surface area (Å²) in [5.41, 5.74) is 2.02. The van der Waals surface area contributed by atoms with E-state index in [1.807, 2.05) is 36.4 Å². The molecule has 0 unspecified atom stereocenters. The summed E-state index contributed by atoms with van der Waals surface area (Å²) in [4.78, 5) is 14.9. The van der Waals surface area contributed by atoms with Gasteiger partial charge in [0.1, 0.15) is 0 Å². The first-order valence-electron chi connectivity index (χ1n) is 10.9. The SMILES string of the molecule is O=C(c1ccc(-c2ccc(Cl)nn2)cc1)N1CCN(S(=O)(=O)c2ccc3cc(Br)ccc3c2)CC1. The van der Waals surface area contributed by atoms with Gasteiger partial charge < -0.3 is 4.90 Å². The Morgan fingerprint density at radius 1 is 0.829 bits per heavy atom. The van der Waals surface area contributed by atoms with E-state index in [2.05, 4.69) is 26.1 Å². The number of hydrogen-bond donors (Lipinski definition) is 0. The number of aromatic nitrogens is 2. The van der Waals surface area contributed by atoms with Gasteiger partial charge in [-0.25, -0.2) is 8.42 Å². The van der Waals surface area contributed by atoms with E-state index in [-0.39, 0.29) is 23.9 Å². The lowest BCUT2D eigenvalue weighted by atomic mass is 10.1. The number of nitrogens with zero attached hydrogens (tertiary/aromatic N) is 4. The molecule has 0 bridgehead atoms. The highest BCUT2D eigenvalue weighted by molar-refractivity contribution is 9.10. The van der Waals surface area contributed by atoms with E-state index in [1.165, 1.54) is 4.31 Å². The Bertz CT molecular complexity index is 1500. The van der Waals surface area contributed by atoms with Crippen LogP contribution in [0.2, 0.25) is 5.15 Å². The van der Waals surface area contributed by atoms with Crippen molar-refractivity contribution in [2.45, 2.75) is 4.90 Å². The maximum Gasteiger partial charge on any atom is 0.253 e. The van der Waals surface area contributed by atoms with Crippen LogP contribution in [0.5, 0.6) is 0 Å². The highest BCUT2D eigenvalue weighted by atomic mass is 79.9. The highest BCUT2D eigenvalue weighted by Crippen LogP contribution is 2.26. The van der Waals surface area contributed by atoms with Gasteiger partial charge in [-0.1, -0.05) is 51.8 Å². The van der Waals surface area contributed by atoms with Crippen LogP contribution < -0.4 is 0 Å². The van der Waals surface area contributed by atoms with E-state index < -0.39 is 10.0 Å². The average Bonchev–Trinajstić information content (AvgIpc) is 2.88. The van der Waals surface area contributed by atoms with Crippen LogP contribution in [0.25, 0.3) is 22.0 Å². The number of rotatable bonds is 4. The summed E-state index contributed by atoms with van der Waals surface area (Å²) in [7, 11) is -3.66. The maximum absolute atomic E-state index is 13.2. The monoisotopic (exact) mass is 570 g/mol. The van der Waals surface area contributed by atoms with Gasteiger partial charge in [0.05, 0.1) is 10.6 Å². The zero-order valence-corrected chi connectivity index (χ0v) is 21.6. The maximum atomic E-state index is 13.2. The minimum Gasteiger partial charge on any atom is -0.336 e. The van der Waals surface area contributed by atoms with Gasteiger partial charge in [-0.2, -0.15) is 4.31 Å². The molecule has 1 fully saturated rings. The molecule has 4 aromatic rings. The summed E-state index contributed by atoms with van der Waals surface area (Å²) in [6, 6.07) is 21.4. The Morgan fingerprint density at radius 3 is 2.20 bits per heavy atom. The third kappa shape index (κ3) is 4.95. The molecule has 10 heteroatoms. The van der Waals surface area contributed by atoms with Crippen molar-refractivity contribution >= 4 is 54.2 Å². The quantitative estimate of drug-likeness (QED) is 0.349. The van der Waals surface area contributed by atoms with Gasteiger partial charge in [0, 0.05) is 41.8 Å². The predicted octanol–water partition coefficient (Wildman–Crippen LogP) is 4.86. The number of amides is 1. The fourth-order valence-corrected chi connectivity index (χ4v) is 6.01. The van der Waals surface area contributed by atoms with Gasteiger partial charge in [-0.15, -0.1) is 10.2 Å². The molecule has 0 saturated carbocycles. The Labute approximate surface area is 216 Å². The van der Waals surface area contributed by atoms with Crippen molar-refractivity contribution in [3.8, 4) is 11.3 Å². The molecule has 5 rings (SSSR count). The zero-order chi connectivity index (χ0) is 24.6. The molecule has 1 aliphatic rings. The minimum atomic E-state index is -3.66. The lowest BCUT2D eigenvalue weighted by molar-refractivity contribution is 0.0698. The summed E-state index contributed by atoms with van der Waals surface area (Å²) in [5.74, 6) is -0.132. The second kappa shape index (κ2) is 9.66. The topological polar surface area (TPSA) is 83.5 Å². The van der Waals surface area contributed by atoms with Crippen molar-refractivity contribution in [2.24, 2.45) is 0 Å². The van der Waals surface area contributed by atoms with Gasteiger partial charge in [-0.05, 0) is 59.3 Å². The molecule has 3 aromatic carbocycles. The van der Waals surface area contributed by atoms with E-state index in [4.69, 9.17) is 11.6 Å². The van der Waals surface area contributed by atoms with Crippen molar-refractivity contribution in [3.05, 3.63) is 88.0 Å². The van der Waals surface area contributed by atoms with Crippen LogP contribution in [-0.2, 0) is 10.0 Å². The molecule has 1 saturated heterocycles. The summed E-state index contributed by atoms with van der Waals surface area (Å²) < 4.78 is 28.8. The van der Waals surface area contributed by atoms with Crippen molar-refractivity contribution in [1.29, 1.82) is 0 Å². The van der Waals surface area contributed by atoms with Crippen LogP contribution in [0, 0.1) is 0 Å². The summed E-state index contributed by atoms with van der Waals surface area (Å²) in [5, 5.41) is 10.0. The second-order valence-electron chi connectivity index (χ2n) is 8.17. The number of sulfonamides is 1. The largest absolute Gasteiger partial charge is 0.336 e. The van der Waals surface area contributed by atoms with Crippen molar-refractivity contribution < 1.29 is 13.2 Å². The number of halogens is 2. The van der Waals surface area contributed by atoms with Crippen molar-refractivity contribution in [1.82, 2.24) is 19.4 Å². The summed E-state index contributed by atoms with van der Waals surface area (Å²) in [6.07, 6.45) is 0. The number of fused-ring (bicyclic) bond motifs is 1. The van der Waals surface area contributed by atoms with Crippen molar-refractivity contribution in [3.63, 3.8) is 0 Å². The van der Waals surface area contributed by atoms with Crippen LogP contribution in [0.4, 0.5) is 0 Å². The lowest BCUT2D eigenvalue weighted by Gasteiger charge is -2.34. The van der Waals surface area contributed by atoms with Gasteiger partial charge >= 0.3 is 0 Å². The fraction of sp³-hybridized carbons (Fsp3) is 0.160. The molecule has 0 aliphatic carbocycles. The Morgan fingerprint density at radius 2 is 1.51 bits per heavy atom. The minimum absolute atomic E-state index is 0.132. The lowest BCUT2D eigenvalue weighted by Crippen LogP contribution is -2.50. The van der Waals surface area contributed by atoms with E-state index >= 15 is 0 Å². The molecule has 1 aromatic heterocycles. The molecular formula is C25H20BrClN4O3S. The summed E-state index contributed by atoms with van der Waals surface area (Å²) in [6.45, 7) is 1.13. The zero-order valence-electron chi connectivity index (χ0n) is 18.4. The first-order chi connectivity index (χ1) is 16.8. The van der Waals surface area contributed by atoms with E-state index in [9.17, 15) is 13.2 Å². The first kappa shape index (κ1) is 23.9. The third-order valence-corrected chi connectivity index (χ3v) is 8.59. The molecule has 0 N–H and O–H groups in total. The second-order valence-corrected chi connectivity index (χ2v) is 11.4. The molecule has 0 spiro atoms. The van der Waals surface area contributed by atoms with Gasteiger partial charge in [0.25, 0.3) is 5.91 Å². The highest BCUT2D eigenvalue weighted by Gasteiger charge is 2.30. The van der Waals surface area contributed by atoms with Gasteiger partial charge in [0.15, 0.2) is 5.15 Å². The molecule has 1 amide bonds. The number of hydrogen-bond acceptors (Lipinski definition) is 5. The molecule has 0 radical (unpaired) electrons. The number of benzene rings is 3. The Balaban J connectivity index is 1.26. The molecule has 2 heterocycles. The Hall–Kier alpha value is -2.85. The van der Waals surface area contributed by atoms with Gasteiger partial charge in [0.2, 0.25) is 10.0 Å². The van der Waals surface area contributed by atoms with Gasteiger partial charge in [-0.3, -0.25) is 4.79 Å². The van der Waals surface area contributed by atoms with Crippen LogP contribution in [0.1, 0.15) is 10.4 Å². The standard InChI is InChI=1S/C25H20BrClN4O3S/c26-21-7-5-20-16-22(8-6-19(20)15-21)35(33,34)31-13-11-30(12-14-31)25(32)18-3-1-17(2-4-18)23-9-10-24(27)29-28-23/h1-10,15-16H,11-14H2. The van der Waals surface area contributed by atoms with Crippen LogP contribution in [0.3, 0.4) is 0 Å². The van der Waals surface area contributed by atoms with Crippen LogP contribution in [0.15, 0.2) is 82.2 Å². The van der Waals surface area contributed by atoms with Crippen molar-refractivity contribution in [2.75, 3.05) is 26.2 Å². The summed E-state index contributed by atoms with van der Waals surface area (Å²) >= 11 is 9.22. The number of carbonyl (C=O) groups is 1. The molecule has 35 heavy (non-hydrogen) atoms. The van der Waals surface area contributed by atoms with E-state index in [0.717, 1.165) is 20.8 Å². The molecule has 1 aliphatic heterocycles.